The zero-order chi connectivity index (χ0) is 29.1. The fourth-order valence-corrected chi connectivity index (χ4v) is 6.37. The number of ketones is 2. The third kappa shape index (κ3) is 5.71. The molecule has 0 bridgehead atoms. The van der Waals surface area contributed by atoms with Crippen LogP contribution < -0.4 is 19.5 Å². The Balaban J connectivity index is 1.48. The average molecular weight is 579 g/mol. The molecule has 2 aliphatic carbocycles. The van der Waals surface area contributed by atoms with Crippen molar-refractivity contribution in [2.45, 2.75) is 58.3 Å². The van der Waals surface area contributed by atoms with Gasteiger partial charge >= 0.3 is 0 Å². The predicted molar refractivity (Wildman–Crippen MR) is 157 cm³/mol. The van der Waals surface area contributed by atoms with Gasteiger partial charge in [0.15, 0.2) is 29.7 Å². The number of amides is 1. The van der Waals surface area contributed by atoms with Crippen molar-refractivity contribution in [1.82, 2.24) is 4.90 Å². The van der Waals surface area contributed by atoms with Crippen LogP contribution in [0.4, 0.5) is 5.69 Å². The van der Waals surface area contributed by atoms with Gasteiger partial charge in [0.05, 0.1) is 18.7 Å². The number of nitrogens with one attached hydrogen (secondary N) is 1. The molecule has 0 radical (unpaired) electrons. The topological polar surface area (TPSA) is 94.2 Å². The highest BCUT2D eigenvalue weighted by Gasteiger charge is 2.43. The zero-order valence-electron chi connectivity index (χ0n) is 23.7. The minimum absolute atomic E-state index is 0.0734. The molecule has 8 nitrogen and oxygen atoms in total. The molecule has 0 fully saturated rings. The van der Waals surface area contributed by atoms with Crippen LogP contribution in [-0.4, -0.2) is 49.2 Å². The first-order chi connectivity index (χ1) is 19.9. The molecule has 0 atom stereocenters. The number of hydrogen-bond donors (Lipinski definition) is 1. The number of hydrogen-bond acceptors (Lipinski definition) is 7. The van der Waals surface area contributed by atoms with Crippen molar-refractivity contribution in [3.8, 4) is 17.2 Å². The lowest BCUT2D eigenvalue weighted by Crippen LogP contribution is -2.39. The van der Waals surface area contributed by atoms with E-state index in [1.165, 1.54) is 0 Å². The molecule has 0 saturated heterocycles. The zero-order valence-corrected chi connectivity index (χ0v) is 24.4. The van der Waals surface area contributed by atoms with Crippen molar-refractivity contribution in [2.75, 3.05) is 32.2 Å². The Morgan fingerprint density at radius 3 is 2.15 bits per heavy atom. The SMILES string of the molecule is CCOc1cc(C2C3=C(CCCC3=O)N(CC)C3=C2C(=O)CCC3)cc(Cl)c1OCC(=O)Nc1ccc(OC)cc1. The van der Waals surface area contributed by atoms with Gasteiger partial charge < -0.3 is 24.4 Å². The minimum atomic E-state index is -0.507. The molecule has 41 heavy (non-hydrogen) atoms. The van der Waals surface area contributed by atoms with Crippen molar-refractivity contribution in [3.05, 3.63) is 69.5 Å². The van der Waals surface area contributed by atoms with Gasteiger partial charge in [0, 0.05) is 53.5 Å². The molecule has 0 saturated carbocycles. The summed E-state index contributed by atoms with van der Waals surface area (Å²) in [5.41, 5.74) is 4.75. The van der Waals surface area contributed by atoms with E-state index in [1.807, 2.05) is 6.92 Å². The van der Waals surface area contributed by atoms with Crippen molar-refractivity contribution < 1.29 is 28.6 Å². The maximum atomic E-state index is 13.4. The second-order valence-corrected chi connectivity index (χ2v) is 10.7. The largest absolute Gasteiger partial charge is 0.497 e. The summed E-state index contributed by atoms with van der Waals surface area (Å²) in [6.45, 7) is 4.66. The second kappa shape index (κ2) is 12.4. The molecule has 5 rings (SSSR count). The first-order valence-corrected chi connectivity index (χ1v) is 14.6. The van der Waals surface area contributed by atoms with E-state index in [1.54, 1.807) is 43.5 Å². The smallest absolute Gasteiger partial charge is 0.262 e. The molecular formula is C32H35ClN2O6. The molecule has 0 unspecified atom stereocenters. The number of nitrogens with zero attached hydrogens (tertiary/aromatic N) is 1. The molecule has 9 heteroatoms. The molecule has 1 amide bonds. The average Bonchev–Trinajstić information content (AvgIpc) is 2.96. The molecule has 1 heterocycles. The number of anilines is 1. The van der Waals surface area contributed by atoms with Crippen LogP contribution in [0, 0.1) is 0 Å². The molecule has 3 aliphatic rings. The maximum absolute atomic E-state index is 13.4. The summed E-state index contributed by atoms with van der Waals surface area (Å²) in [6.07, 6.45) is 4.11. The fourth-order valence-electron chi connectivity index (χ4n) is 6.10. The normalized spacial score (nSPS) is 17.3. The van der Waals surface area contributed by atoms with Crippen LogP contribution in [0.5, 0.6) is 17.2 Å². The Kier molecular flexibility index (Phi) is 8.68. The Morgan fingerprint density at radius 2 is 1.59 bits per heavy atom. The maximum Gasteiger partial charge on any atom is 0.262 e. The molecule has 0 aromatic heterocycles. The summed E-state index contributed by atoms with van der Waals surface area (Å²) in [6, 6.07) is 10.5. The molecular weight excluding hydrogens is 544 g/mol. The number of carbonyl (C=O) groups excluding carboxylic acids is 3. The van der Waals surface area contributed by atoms with Gasteiger partial charge in [0.25, 0.3) is 5.91 Å². The van der Waals surface area contributed by atoms with Gasteiger partial charge in [-0.1, -0.05) is 11.6 Å². The van der Waals surface area contributed by atoms with Gasteiger partial charge in [-0.15, -0.1) is 0 Å². The summed E-state index contributed by atoms with van der Waals surface area (Å²) in [5, 5.41) is 3.03. The van der Waals surface area contributed by atoms with Crippen molar-refractivity contribution in [1.29, 1.82) is 0 Å². The van der Waals surface area contributed by atoms with E-state index in [0.717, 1.165) is 42.6 Å². The van der Waals surface area contributed by atoms with E-state index in [0.29, 0.717) is 54.3 Å². The third-order valence-corrected chi connectivity index (χ3v) is 8.07. The molecule has 2 aromatic carbocycles. The highest BCUT2D eigenvalue weighted by Crippen LogP contribution is 2.51. The number of allylic oxidation sites excluding steroid dienone is 4. The van der Waals surface area contributed by atoms with Crippen LogP contribution in [0.2, 0.25) is 5.02 Å². The summed E-state index contributed by atoms with van der Waals surface area (Å²) < 4.78 is 17.0. The van der Waals surface area contributed by atoms with Crippen LogP contribution in [0.25, 0.3) is 0 Å². The lowest BCUT2D eigenvalue weighted by Gasteiger charge is -2.43. The number of halogens is 1. The van der Waals surface area contributed by atoms with Crippen molar-refractivity contribution in [3.63, 3.8) is 0 Å². The quantitative estimate of drug-likeness (QED) is 0.379. The number of carbonyl (C=O) groups is 3. The third-order valence-electron chi connectivity index (χ3n) is 7.79. The summed E-state index contributed by atoms with van der Waals surface area (Å²) in [5.74, 6) is 0.557. The summed E-state index contributed by atoms with van der Waals surface area (Å²) in [4.78, 5) is 41.7. The summed E-state index contributed by atoms with van der Waals surface area (Å²) in [7, 11) is 1.58. The van der Waals surface area contributed by atoms with Crippen LogP contribution in [0.15, 0.2) is 58.9 Å². The van der Waals surface area contributed by atoms with Crippen LogP contribution in [-0.2, 0) is 14.4 Å². The Hall–Kier alpha value is -3.78. The monoisotopic (exact) mass is 578 g/mol. The van der Waals surface area contributed by atoms with Gasteiger partial charge in [0.2, 0.25) is 0 Å². The fraction of sp³-hybridized carbons (Fsp3) is 0.406. The van der Waals surface area contributed by atoms with Gasteiger partial charge in [-0.3, -0.25) is 14.4 Å². The van der Waals surface area contributed by atoms with E-state index in [4.69, 9.17) is 25.8 Å². The Morgan fingerprint density at radius 1 is 0.951 bits per heavy atom. The second-order valence-electron chi connectivity index (χ2n) is 10.3. The first-order valence-electron chi connectivity index (χ1n) is 14.2. The van der Waals surface area contributed by atoms with Gasteiger partial charge in [0.1, 0.15) is 5.75 Å². The molecule has 1 aliphatic heterocycles. The van der Waals surface area contributed by atoms with Gasteiger partial charge in [-0.05, 0) is 81.5 Å². The van der Waals surface area contributed by atoms with E-state index in [9.17, 15) is 14.4 Å². The lowest BCUT2D eigenvalue weighted by molar-refractivity contribution is -0.118. The van der Waals surface area contributed by atoms with Crippen LogP contribution in [0.3, 0.4) is 0 Å². The molecule has 216 valence electrons. The first kappa shape index (κ1) is 28.7. The molecule has 0 spiro atoms. The van der Waals surface area contributed by atoms with E-state index < -0.39 is 5.92 Å². The van der Waals surface area contributed by atoms with E-state index >= 15 is 0 Å². The van der Waals surface area contributed by atoms with E-state index in [2.05, 4.69) is 17.1 Å². The molecule has 1 N–H and O–H groups in total. The van der Waals surface area contributed by atoms with Crippen molar-refractivity contribution in [2.24, 2.45) is 0 Å². The molecule has 2 aromatic rings. The number of methoxy groups -OCH3 is 1. The summed E-state index contributed by atoms with van der Waals surface area (Å²) >= 11 is 6.78. The Bertz CT molecular complexity index is 1380. The number of Topliss-reactive ketones (excluding diaryl/α,β-unsaturated/α-hetero) is 2. The number of rotatable bonds is 9. The van der Waals surface area contributed by atoms with Crippen molar-refractivity contribution >= 4 is 34.8 Å². The number of ether oxygens (including phenoxy) is 3. The predicted octanol–water partition coefficient (Wildman–Crippen LogP) is 6.20. The Labute approximate surface area is 245 Å². The number of benzene rings is 2. The highest BCUT2D eigenvalue weighted by atomic mass is 35.5. The standard InChI is InChI=1S/C32H35ClN2O6/c1-4-35-23-8-6-10-25(36)30(23)29(31-24(35)9-7-11-26(31)37)19-16-22(33)32(27(17-19)40-5-2)41-18-28(38)34-20-12-14-21(39-3)15-13-20/h12-17,29H,4-11,18H2,1-3H3,(H,34,38). The van der Waals surface area contributed by atoms with Crippen LogP contribution in [0.1, 0.15) is 63.9 Å². The van der Waals surface area contributed by atoms with E-state index in [-0.39, 0.29) is 34.9 Å². The van der Waals surface area contributed by atoms with Crippen LogP contribution >= 0.6 is 11.6 Å². The minimum Gasteiger partial charge on any atom is -0.497 e. The lowest BCUT2D eigenvalue weighted by atomic mass is 9.71. The highest BCUT2D eigenvalue weighted by molar-refractivity contribution is 6.32. The van der Waals surface area contributed by atoms with Gasteiger partial charge in [-0.25, -0.2) is 0 Å². The van der Waals surface area contributed by atoms with Gasteiger partial charge in [-0.2, -0.15) is 0 Å².